The highest BCUT2D eigenvalue weighted by molar-refractivity contribution is 5.01. The number of hydrogen-bond donors (Lipinski definition) is 2. The Kier molecular flexibility index (Phi) is 3.57. The Hall–Kier alpha value is -1.06. The number of rotatable bonds is 0. The molecule has 0 radical (unpaired) electrons. The van der Waals surface area contributed by atoms with Crippen molar-refractivity contribution < 1.29 is 10.2 Å². The van der Waals surface area contributed by atoms with Gasteiger partial charge in [-0.3, -0.25) is 0 Å². The van der Waals surface area contributed by atoms with E-state index in [9.17, 15) is 0 Å². The highest BCUT2D eigenvalue weighted by atomic mass is 16.3. The van der Waals surface area contributed by atoms with Gasteiger partial charge in [0.15, 0.2) is 0 Å². The lowest BCUT2D eigenvalue weighted by atomic mass is 10.7. The molecule has 0 fully saturated rings. The number of aliphatic hydroxyl groups is 2. The van der Waals surface area contributed by atoms with Crippen molar-refractivity contribution >= 4 is 0 Å². The first-order valence-electron chi connectivity index (χ1n) is 3.67. The summed E-state index contributed by atoms with van der Waals surface area (Å²) in [4.78, 5) is 3.10. The molecule has 66 valence electrons. The molecule has 0 aliphatic carbocycles. The van der Waals surface area contributed by atoms with E-state index in [1.807, 2.05) is 13.8 Å². The van der Waals surface area contributed by atoms with Crippen molar-refractivity contribution in [3.05, 3.63) is 11.8 Å². The lowest BCUT2D eigenvalue weighted by Crippen LogP contribution is -2.21. The molecule has 1 rings (SSSR count). The van der Waals surface area contributed by atoms with E-state index >= 15 is 0 Å². The van der Waals surface area contributed by atoms with Gasteiger partial charge in [-0.05, 0) is 0 Å². The molecule has 0 aromatic heterocycles. The van der Waals surface area contributed by atoms with E-state index < -0.39 is 0 Å². The van der Waals surface area contributed by atoms with Crippen LogP contribution >= 0.6 is 0 Å². The molecule has 0 spiro atoms. The Labute approximate surface area is 67.3 Å². The van der Waals surface area contributed by atoms with Crippen LogP contribution in [0.4, 0.5) is 0 Å². The van der Waals surface area contributed by atoms with E-state index in [4.69, 9.17) is 10.2 Å². The quantitative estimate of drug-likeness (QED) is 0.557. The van der Waals surface area contributed by atoms with E-state index in [2.05, 4.69) is 0 Å². The lowest BCUT2D eigenvalue weighted by Gasteiger charge is -2.11. The van der Waals surface area contributed by atoms with Crippen LogP contribution in [0, 0.1) is 0 Å². The zero-order chi connectivity index (χ0) is 9.02. The minimum atomic E-state index is -0.0579. The molecule has 1 aliphatic heterocycles. The van der Waals surface area contributed by atoms with Crippen LogP contribution in [0.3, 0.4) is 0 Å². The predicted octanol–water partition coefficient (Wildman–Crippen LogP) is 1.09. The second kappa shape index (κ2) is 3.95. The van der Waals surface area contributed by atoms with E-state index in [-0.39, 0.29) is 11.8 Å². The zero-order valence-electron chi connectivity index (χ0n) is 7.50. The highest BCUT2D eigenvalue weighted by Crippen LogP contribution is 2.14. The van der Waals surface area contributed by atoms with Gasteiger partial charge in [-0.25, -0.2) is 0 Å². The number of aliphatic hydroxyl groups excluding tert-OH is 2. The Balaban J connectivity index is 0.000000461. The monoisotopic (exact) mass is 160 g/mol. The van der Waals surface area contributed by atoms with E-state index in [1.165, 1.54) is 0 Å². The van der Waals surface area contributed by atoms with Gasteiger partial charge >= 0.3 is 0 Å². The van der Waals surface area contributed by atoms with Gasteiger partial charge in [-0.1, -0.05) is 13.8 Å². The minimum absolute atomic E-state index is 0.0579. The Morgan fingerprint density at radius 1 is 1.00 bits per heavy atom. The van der Waals surface area contributed by atoms with Crippen LogP contribution in [-0.4, -0.2) is 40.8 Å². The second-order valence-corrected chi connectivity index (χ2v) is 2.18. The summed E-state index contributed by atoms with van der Waals surface area (Å²) in [5.41, 5.74) is 0. The normalized spacial score (nSPS) is 16.7. The van der Waals surface area contributed by atoms with Crippen molar-refractivity contribution in [1.82, 2.24) is 9.80 Å². The summed E-state index contributed by atoms with van der Waals surface area (Å²) in [5, 5.41) is 17.9. The van der Waals surface area contributed by atoms with Gasteiger partial charge in [-0.2, -0.15) is 0 Å². The van der Waals surface area contributed by atoms with Gasteiger partial charge in [0.2, 0.25) is 11.8 Å². The summed E-state index contributed by atoms with van der Waals surface area (Å²) in [5.74, 6) is -0.116. The molecular formula is C7H16N2O2. The molecule has 11 heavy (non-hydrogen) atoms. The molecule has 2 N–H and O–H groups in total. The summed E-state index contributed by atoms with van der Waals surface area (Å²) in [6.07, 6.45) is 0. The van der Waals surface area contributed by atoms with Gasteiger partial charge < -0.3 is 20.0 Å². The van der Waals surface area contributed by atoms with Crippen molar-refractivity contribution in [3.63, 3.8) is 0 Å². The fourth-order valence-electron chi connectivity index (χ4n) is 0.794. The highest BCUT2D eigenvalue weighted by Gasteiger charge is 2.21. The Morgan fingerprint density at radius 3 is 1.36 bits per heavy atom. The summed E-state index contributed by atoms with van der Waals surface area (Å²) < 4.78 is 0. The topological polar surface area (TPSA) is 46.9 Å². The van der Waals surface area contributed by atoms with Crippen molar-refractivity contribution in [2.45, 2.75) is 13.8 Å². The van der Waals surface area contributed by atoms with Crippen LogP contribution in [0.2, 0.25) is 0 Å². The molecule has 0 saturated carbocycles. The molecule has 4 heteroatoms. The average molecular weight is 160 g/mol. The molecule has 0 unspecified atom stereocenters. The molecule has 0 aromatic carbocycles. The van der Waals surface area contributed by atoms with Crippen molar-refractivity contribution in [2.75, 3.05) is 20.8 Å². The van der Waals surface area contributed by atoms with E-state index in [0.717, 1.165) is 0 Å². The minimum Gasteiger partial charge on any atom is -0.491 e. The average Bonchev–Trinajstić information content (AvgIpc) is 2.22. The van der Waals surface area contributed by atoms with Crippen LogP contribution in [-0.2, 0) is 0 Å². The first kappa shape index (κ1) is 9.94. The number of nitrogens with zero attached hydrogens (tertiary/aromatic N) is 2. The van der Waals surface area contributed by atoms with Crippen LogP contribution in [0.25, 0.3) is 0 Å². The Morgan fingerprint density at radius 2 is 1.27 bits per heavy atom. The summed E-state index contributed by atoms with van der Waals surface area (Å²) in [7, 11) is 3.41. The van der Waals surface area contributed by atoms with Gasteiger partial charge in [0.25, 0.3) is 0 Å². The maximum Gasteiger partial charge on any atom is 0.250 e. The molecule has 1 aliphatic rings. The summed E-state index contributed by atoms with van der Waals surface area (Å²) in [6.45, 7) is 4.54. The molecule has 0 aromatic rings. The lowest BCUT2D eigenvalue weighted by molar-refractivity contribution is 0.225. The van der Waals surface area contributed by atoms with Crippen LogP contribution in [0.5, 0.6) is 0 Å². The zero-order valence-corrected chi connectivity index (χ0v) is 7.50. The van der Waals surface area contributed by atoms with Crippen molar-refractivity contribution in [2.24, 2.45) is 0 Å². The molecule has 4 nitrogen and oxygen atoms in total. The first-order valence-corrected chi connectivity index (χ1v) is 3.67. The third-order valence-electron chi connectivity index (χ3n) is 1.35. The molecule has 1 heterocycles. The van der Waals surface area contributed by atoms with Crippen LogP contribution in [0.15, 0.2) is 11.8 Å². The fraction of sp³-hybridized carbons (Fsp3) is 0.714. The number of hydrogen-bond acceptors (Lipinski definition) is 4. The summed E-state index contributed by atoms with van der Waals surface area (Å²) >= 11 is 0. The third kappa shape index (κ3) is 1.93. The van der Waals surface area contributed by atoms with Crippen molar-refractivity contribution in [3.8, 4) is 0 Å². The smallest absolute Gasteiger partial charge is 0.250 e. The first-order chi connectivity index (χ1) is 5.13. The van der Waals surface area contributed by atoms with Crippen LogP contribution < -0.4 is 0 Å². The molecule has 0 amide bonds. The SMILES string of the molecule is CC.CN1CN(C)C(O)=C1O. The molecular weight excluding hydrogens is 144 g/mol. The van der Waals surface area contributed by atoms with E-state index in [1.54, 1.807) is 23.9 Å². The predicted molar refractivity (Wildman–Crippen MR) is 44.0 cm³/mol. The summed E-state index contributed by atoms with van der Waals surface area (Å²) in [6, 6.07) is 0. The molecule has 0 atom stereocenters. The van der Waals surface area contributed by atoms with Crippen molar-refractivity contribution in [1.29, 1.82) is 0 Å². The van der Waals surface area contributed by atoms with Gasteiger partial charge in [0.1, 0.15) is 0 Å². The largest absolute Gasteiger partial charge is 0.491 e. The molecule has 0 saturated heterocycles. The van der Waals surface area contributed by atoms with Gasteiger partial charge in [0.05, 0.1) is 6.67 Å². The fourth-order valence-corrected chi connectivity index (χ4v) is 0.794. The Bertz CT molecular complexity index is 141. The second-order valence-electron chi connectivity index (χ2n) is 2.18. The van der Waals surface area contributed by atoms with Gasteiger partial charge in [0, 0.05) is 14.1 Å². The van der Waals surface area contributed by atoms with Gasteiger partial charge in [-0.15, -0.1) is 0 Å². The molecule has 0 bridgehead atoms. The maximum absolute atomic E-state index is 8.95. The maximum atomic E-state index is 8.95. The van der Waals surface area contributed by atoms with Crippen LogP contribution in [0.1, 0.15) is 13.8 Å². The van der Waals surface area contributed by atoms with E-state index in [0.29, 0.717) is 6.67 Å². The third-order valence-corrected chi connectivity index (χ3v) is 1.35. The standard InChI is InChI=1S/C5H10N2O2.C2H6/c1-6-3-7(2)5(9)4(6)8;1-2/h8-9H,3H2,1-2H3;1-2H3.